The first-order chi connectivity index (χ1) is 9.83. The molecule has 3 N–H and O–H groups in total. The second kappa shape index (κ2) is 6.07. The highest BCUT2D eigenvalue weighted by Gasteiger charge is 2.34. The number of carboxylic acid groups (broad SMARTS) is 1. The van der Waals surface area contributed by atoms with Crippen molar-refractivity contribution in [1.82, 2.24) is 0 Å². The van der Waals surface area contributed by atoms with Gasteiger partial charge < -0.3 is 15.7 Å². The van der Waals surface area contributed by atoms with Crippen molar-refractivity contribution in [2.45, 2.75) is 31.1 Å². The van der Waals surface area contributed by atoms with Gasteiger partial charge in [-0.25, -0.2) is 0 Å². The quantitative estimate of drug-likeness (QED) is 0.861. The van der Waals surface area contributed by atoms with Crippen molar-refractivity contribution < 1.29 is 14.7 Å². The maximum atomic E-state index is 12.4. The van der Waals surface area contributed by atoms with E-state index < -0.39 is 16.8 Å². The minimum absolute atomic E-state index is 0.00406. The van der Waals surface area contributed by atoms with Crippen molar-refractivity contribution >= 4 is 29.3 Å². The van der Waals surface area contributed by atoms with Gasteiger partial charge in [0.05, 0.1) is 5.75 Å². The van der Waals surface area contributed by atoms with Crippen LogP contribution in [0.2, 0.25) is 0 Å². The summed E-state index contributed by atoms with van der Waals surface area (Å²) in [5, 5.41) is 8.99. The molecule has 0 aromatic heterocycles. The Balaban J connectivity index is 1.99. The standard InChI is InChI=1S/C15H20N2O3S/c1-15(2,13(16)14(19)20)21-9-12(18)17-8-7-10-5-3-4-6-11(10)17/h3-6,13H,7-9,16H2,1-2H3,(H,19,20)/t13-/m1/s1. The van der Waals surface area contributed by atoms with Gasteiger partial charge in [-0.05, 0) is 31.9 Å². The van der Waals surface area contributed by atoms with E-state index in [0.29, 0.717) is 6.54 Å². The molecule has 1 amide bonds. The third-order valence-electron chi connectivity index (χ3n) is 3.77. The van der Waals surface area contributed by atoms with E-state index in [1.165, 1.54) is 17.3 Å². The fraction of sp³-hybridized carbons (Fsp3) is 0.467. The number of nitrogens with zero attached hydrogens (tertiary/aromatic N) is 1. The lowest BCUT2D eigenvalue weighted by Crippen LogP contribution is -2.47. The third-order valence-corrected chi connectivity index (χ3v) is 5.16. The zero-order valence-electron chi connectivity index (χ0n) is 12.2. The number of hydrogen-bond acceptors (Lipinski definition) is 4. The third kappa shape index (κ3) is 3.39. The summed E-state index contributed by atoms with van der Waals surface area (Å²) in [6.07, 6.45) is 0.866. The van der Waals surface area contributed by atoms with Crippen LogP contribution in [0.15, 0.2) is 24.3 Å². The smallest absolute Gasteiger partial charge is 0.321 e. The summed E-state index contributed by atoms with van der Waals surface area (Å²) in [7, 11) is 0. The Morgan fingerprint density at radius 1 is 1.43 bits per heavy atom. The normalized spacial score (nSPS) is 15.7. The maximum Gasteiger partial charge on any atom is 0.321 e. The van der Waals surface area contributed by atoms with Gasteiger partial charge in [0.15, 0.2) is 0 Å². The van der Waals surface area contributed by atoms with Crippen LogP contribution in [0.5, 0.6) is 0 Å². The average molecular weight is 308 g/mol. The second-order valence-electron chi connectivity index (χ2n) is 5.63. The van der Waals surface area contributed by atoms with Crippen LogP contribution >= 0.6 is 11.8 Å². The number of carboxylic acids is 1. The van der Waals surface area contributed by atoms with E-state index in [0.717, 1.165) is 12.1 Å². The molecule has 0 bridgehead atoms. The Bertz CT molecular complexity index is 560. The van der Waals surface area contributed by atoms with Gasteiger partial charge >= 0.3 is 5.97 Å². The Labute approximate surface area is 128 Å². The number of anilines is 1. The van der Waals surface area contributed by atoms with Gasteiger partial charge in [-0.2, -0.15) is 0 Å². The summed E-state index contributed by atoms with van der Waals surface area (Å²) in [4.78, 5) is 25.1. The Kier molecular flexibility index (Phi) is 4.58. The molecule has 2 rings (SSSR count). The zero-order chi connectivity index (χ0) is 15.6. The molecule has 21 heavy (non-hydrogen) atoms. The number of aliphatic carboxylic acids is 1. The van der Waals surface area contributed by atoms with Crippen LogP contribution in [0.4, 0.5) is 5.69 Å². The molecule has 1 atom stereocenters. The van der Waals surface area contributed by atoms with Crippen LogP contribution in [0.1, 0.15) is 19.4 Å². The fourth-order valence-electron chi connectivity index (χ4n) is 2.31. The van der Waals surface area contributed by atoms with E-state index in [4.69, 9.17) is 10.8 Å². The molecule has 0 saturated heterocycles. The summed E-state index contributed by atoms with van der Waals surface area (Å²) < 4.78 is -0.694. The van der Waals surface area contributed by atoms with Crippen LogP contribution in [-0.4, -0.2) is 40.1 Å². The van der Waals surface area contributed by atoms with Crippen molar-refractivity contribution in [2.24, 2.45) is 5.73 Å². The molecule has 0 saturated carbocycles. The van der Waals surface area contributed by atoms with Crippen molar-refractivity contribution in [3.8, 4) is 0 Å². The first kappa shape index (κ1) is 15.9. The minimum Gasteiger partial charge on any atom is -0.480 e. The first-order valence-electron chi connectivity index (χ1n) is 6.83. The molecular weight excluding hydrogens is 288 g/mol. The number of carbonyl (C=O) groups is 2. The van der Waals surface area contributed by atoms with E-state index in [9.17, 15) is 9.59 Å². The van der Waals surface area contributed by atoms with Crippen LogP contribution in [0.25, 0.3) is 0 Å². The summed E-state index contributed by atoms with van der Waals surface area (Å²) in [5.41, 5.74) is 7.80. The van der Waals surface area contributed by atoms with E-state index in [1.807, 2.05) is 24.3 Å². The lowest BCUT2D eigenvalue weighted by atomic mass is 10.1. The predicted molar refractivity (Wildman–Crippen MR) is 84.6 cm³/mol. The Morgan fingerprint density at radius 3 is 2.76 bits per heavy atom. The van der Waals surface area contributed by atoms with E-state index in [1.54, 1.807) is 18.7 Å². The van der Waals surface area contributed by atoms with Gasteiger partial charge in [0, 0.05) is 17.0 Å². The minimum atomic E-state index is -1.05. The Hall–Kier alpha value is -1.53. The lowest BCUT2D eigenvalue weighted by Gasteiger charge is -2.28. The van der Waals surface area contributed by atoms with Crippen molar-refractivity contribution in [3.05, 3.63) is 29.8 Å². The number of benzene rings is 1. The molecule has 0 radical (unpaired) electrons. The fourth-order valence-corrected chi connectivity index (χ4v) is 3.24. The number of fused-ring (bicyclic) bond motifs is 1. The lowest BCUT2D eigenvalue weighted by molar-refractivity contribution is -0.139. The molecular formula is C15H20N2O3S. The molecule has 1 aromatic rings. The van der Waals surface area contributed by atoms with Gasteiger partial charge in [0.25, 0.3) is 0 Å². The van der Waals surface area contributed by atoms with Crippen LogP contribution in [0.3, 0.4) is 0 Å². The van der Waals surface area contributed by atoms with E-state index in [2.05, 4.69) is 0 Å². The average Bonchev–Trinajstić information content (AvgIpc) is 2.88. The molecule has 1 aliphatic heterocycles. The van der Waals surface area contributed by atoms with Gasteiger partial charge in [-0.1, -0.05) is 18.2 Å². The molecule has 0 aliphatic carbocycles. The molecule has 5 nitrogen and oxygen atoms in total. The van der Waals surface area contributed by atoms with E-state index >= 15 is 0 Å². The van der Waals surface area contributed by atoms with Gasteiger partial charge in [0.1, 0.15) is 6.04 Å². The molecule has 0 fully saturated rings. The molecule has 0 unspecified atom stereocenters. The van der Waals surface area contributed by atoms with Gasteiger partial charge in [-0.3, -0.25) is 9.59 Å². The van der Waals surface area contributed by atoms with Crippen molar-refractivity contribution in [3.63, 3.8) is 0 Å². The SMILES string of the molecule is CC(C)(SCC(=O)N1CCc2ccccc21)[C@H](N)C(=O)O. The van der Waals surface area contributed by atoms with Gasteiger partial charge in [-0.15, -0.1) is 11.8 Å². The maximum absolute atomic E-state index is 12.4. The highest BCUT2D eigenvalue weighted by atomic mass is 32.2. The summed E-state index contributed by atoms with van der Waals surface area (Å²) in [6.45, 7) is 4.19. The summed E-state index contributed by atoms with van der Waals surface area (Å²) in [5.74, 6) is -0.829. The molecule has 1 aliphatic rings. The van der Waals surface area contributed by atoms with Crippen LogP contribution in [0, 0.1) is 0 Å². The molecule has 114 valence electrons. The highest BCUT2D eigenvalue weighted by Crippen LogP contribution is 2.31. The topological polar surface area (TPSA) is 83.6 Å². The molecule has 1 heterocycles. The summed E-state index contributed by atoms with van der Waals surface area (Å²) in [6, 6.07) is 6.86. The predicted octanol–water partition coefficient (Wildman–Crippen LogP) is 1.50. The van der Waals surface area contributed by atoms with Crippen molar-refractivity contribution in [1.29, 1.82) is 0 Å². The summed E-state index contributed by atoms with van der Waals surface area (Å²) >= 11 is 1.29. The number of thioether (sulfide) groups is 1. The second-order valence-corrected chi connectivity index (χ2v) is 7.26. The molecule has 6 heteroatoms. The highest BCUT2D eigenvalue weighted by molar-refractivity contribution is 8.01. The van der Waals surface area contributed by atoms with Crippen LogP contribution in [-0.2, 0) is 16.0 Å². The molecule has 0 spiro atoms. The number of nitrogens with two attached hydrogens (primary N) is 1. The number of carbonyl (C=O) groups excluding carboxylic acids is 1. The van der Waals surface area contributed by atoms with Crippen molar-refractivity contribution in [2.75, 3.05) is 17.2 Å². The number of rotatable bonds is 5. The largest absolute Gasteiger partial charge is 0.480 e. The molecule has 1 aromatic carbocycles. The zero-order valence-corrected chi connectivity index (χ0v) is 13.0. The van der Waals surface area contributed by atoms with Crippen LogP contribution < -0.4 is 10.6 Å². The number of para-hydroxylation sites is 1. The first-order valence-corrected chi connectivity index (χ1v) is 7.82. The van der Waals surface area contributed by atoms with E-state index in [-0.39, 0.29) is 11.7 Å². The number of amides is 1. The van der Waals surface area contributed by atoms with Gasteiger partial charge in [0.2, 0.25) is 5.91 Å². The monoisotopic (exact) mass is 308 g/mol. The Morgan fingerprint density at radius 2 is 2.10 bits per heavy atom. The number of hydrogen-bond donors (Lipinski definition) is 2.